The van der Waals surface area contributed by atoms with E-state index >= 15 is 0 Å². The molecule has 4 aromatic rings. The van der Waals surface area contributed by atoms with Crippen molar-refractivity contribution in [2.75, 3.05) is 5.32 Å². The maximum Gasteiger partial charge on any atom is 0.269 e. The average Bonchev–Trinajstić information content (AvgIpc) is 3.45. The largest absolute Gasteiger partial charge is 0.419 e. The Morgan fingerprint density at radius 2 is 1.94 bits per heavy atom. The number of aryl methyl sites for hydroxylation is 2. The highest BCUT2D eigenvalue weighted by atomic mass is 32.2. The van der Waals surface area contributed by atoms with Crippen LogP contribution in [0.4, 0.5) is 16.5 Å². The number of aromatic nitrogens is 4. The van der Waals surface area contributed by atoms with E-state index in [0.717, 1.165) is 27.1 Å². The summed E-state index contributed by atoms with van der Waals surface area (Å²) in [6.45, 7) is 6.14. The highest BCUT2D eigenvalue weighted by molar-refractivity contribution is 8.01. The fourth-order valence-corrected chi connectivity index (χ4v) is 4.99. The second kappa shape index (κ2) is 9.45. The smallest absolute Gasteiger partial charge is 0.269 e. The molecule has 0 radical (unpaired) electrons. The number of nitrogens with one attached hydrogen (secondary N) is 1. The summed E-state index contributed by atoms with van der Waals surface area (Å²) in [6.07, 6.45) is 0.926. The Kier molecular flexibility index (Phi) is 6.47. The topological polar surface area (TPSA) is 120 Å². The second-order valence-corrected chi connectivity index (χ2v) is 9.54. The molecule has 2 aromatic carbocycles. The molecule has 9 nitrogen and oxygen atoms in total. The number of para-hydroxylation sites is 1. The molecule has 0 aliphatic heterocycles. The summed E-state index contributed by atoms with van der Waals surface area (Å²) in [5, 5.41) is 31.5. The predicted molar refractivity (Wildman–Crippen MR) is 124 cm³/mol. The molecule has 0 aliphatic rings. The van der Waals surface area contributed by atoms with E-state index in [1.807, 2.05) is 6.92 Å². The second-order valence-electron chi connectivity index (χ2n) is 6.97. The van der Waals surface area contributed by atoms with Crippen LogP contribution in [0.1, 0.15) is 36.1 Å². The Bertz CT molecular complexity index is 1240. The van der Waals surface area contributed by atoms with Gasteiger partial charge < -0.3 is 9.73 Å². The van der Waals surface area contributed by atoms with Gasteiger partial charge in [-0.2, -0.15) is 0 Å². The molecule has 2 heterocycles. The highest BCUT2D eigenvalue weighted by Crippen LogP contribution is 2.38. The van der Waals surface area contributed by atoms with Crippen LogP contribution in [0.2, 0.25) is 0 Å². The van der Waals surface area contributed by atoms with Crippen molar-refractivity contribution in [3.8, 4) is 11.5 Å². The van der Waals surface area contributed by atoms with Crippen LogP contribution < -0.4 is 5.32 Å². The summed E-state index contributed by atoms with van der Waals surface area (Å²) in [4.78, 5) is 10.4. The number of nitro benzene ring substituents is 1. The number of thioether (sulfide) groups is 1. The minimum atomic E-state index is -0.449. The number of rotatable bonds is 8. The Morgan fingerprint density at radius 3 is 2.66 bits per heavy atom. The van der Waals surface area contributed by atoms with Crippen LogP contribution in [-0.2, 0) is 6.42 Å². The van der Waals surface area contributed by atoms with Gasteiger partial charge in [0.25, 0.3) is 5.69 Å². The Labute approximate surface area is 192 Å². The first-order valence-corrected chi connectivity index (χ1v) is 11.6. The molecule has 1 N–H and O–H groups in total. The molecule has 1 atom stereocenters. The van der Waals surface area contributed by atoms with Crippen molar-refractivity contribution >= 4 is 39.6 Å². The van der Waals surface area contributed by atoms with Crippen molar-refractivity contribution in [2.45, 2.75) is 36.8 Å². The molecular formula is C21H20N6O3S2. The maximum absolute atomic E-state index is 10.8. The van der Waals surface area contributed by atoms with Gasteiger partial charge in [-0.1, -0.05) is 48.2 Å². The Hall–Kier alpha value is -3.31. The molecule has 0 bridgehead atoms. The normalized spacial score (nSPS) is 12.0. The number of benzene rings is 2. The van der Waals surface area contributed by atoms with Crippen molar-refractivity contribution in [2.24, 2.45) is 0 Å². The van der Waals surface area contributed by atoms with E-state index in [1.54, 1.807) is 12.1 Å². The minimum absolute atomic E-state index is 0.00912. The van der Waals surface area contributed by atoms with Crippen LogP contribution in [0.25, 0.3) is 11.5 Å². The summed E-state index contributed by atoms with van der Waals surface area (Å²) < 4.78 is 6.56. The standard InChI is InChI=1S/C21H20N6O3S2/c1-4-14-7-5-6-12(2)17(14)22-20-25-26-21(32-20)31-13(3)18-23-24-19(30-18)15-8-10-16(11-9-15)27(28)29/h5-11,13H,4H2,1-3H3,(H,22,25). The van der Waals surface area contributed by atoms with E-state index < -0.39 is 4.92 Å². The van der Waals surface area contributed by atoms with Gasteiger partial charge in [-0.05, 0) is 43.5 Å². The van der Waals surface area contributed by atoms with Gasteiger partial charge in [-0.3, -0.25) is 10.1 Å². The third-order valence-corrected chi connectivity index (χ3v) is 6.78. The lowest BCUT2D eigenvalue weighted by molar-refractivity contribution is -0.384. The van der Waals surface area contributed by atoms with Crippen molar-refractivity contribution in [3.63, 3.8) is 0 Å². The lowest BCUT2D eigenvalue weighted by Crippen LogP contribution is -1.97. The molecule has 0 aliphatic carbocycles. The third kappa shape index (κ3) is 4.78. The Morgan fingerprint density at radius 1 is 1.16 bits per heavy atom. The number of anilines is 2. The zero-order valence-corrected chi connectivity index (χ0v) is 19.2. The van der Waals surface area contributed by atoms with E-state index in [0.29, 0.717) is 17.3 Å². The number of nitrogens with zero attached hydrogens (tertiary/aromatic N) is 5. The SMILES string of the molecule is CCc1cccc(C)c1Nc1nnc(SC(C)c2nnc(-c3ccc([N+](=O)[O-])cc3)o2)s1. The molecule has 0 fully saturated rings. The lowest BCUT2D eigenvalue weighted by atomic mass is 10.1. The van der Waals surface area contributed by atoms with Gasteiger partial charge in [0.15, 0.2) is 4.34 Å². The first-order valence-electron chi connectivity index (χ1n) is 9.88. The number of non-ortho nitro benzene ring substituents is 1. The molecule has 11 heteroatoms. The quantitative estimate of drug-likeness (QED) is 0.189. The van der Waals surface area contributed by atoms with Crippen molar-refractivity contribution in [1.82, 2.24) is 20.4 Å². The zero-order valence-electron chi connectivity index (χ0n) is 17.6. The van der Waals surface area contributed by atoms with Gasteiger partial charge in [0.05, 0.1) is 10.2 Å². The Balaban J connectivity index is 1.44. The monoisotopic (exact) mass is 468 g/mol. The predicted octanol–water partition coefficient (Wildman–Crippen LogP) is 5.96. The summed E-state index contributed by atoms with van der Waals surface area (Å²) >= 11 is 2.94. The summed E-state index contributed by atoms with van der Waals surface area (Å²) in [6, 6.07) is 12.2. The summed E-state index contributed by atoms with van der Waals surface area (Å²) in [7, 11) is 0. The summed E-state index contributed by atoms with van der Waals surface area (Å²) in [5.41, 5.74) is 4.09. The van der Waals surface area contributed by atoms with Crippen LogP contribution in [0.3, 0.4) is 0 Å². The third-order valence-electron chi connectivity index (χ3n) is 4.77. The molecule has 1 unspecified atom stereocenters. The molecule has 4 rings (SSSR count). The summed E-state index contributed by atoms with van der Waals surface area (Å²) in [5.74, 6) is 0.758. The lowest BCUT2D eigenvalue weighted by Gasteiger charge is -2.11. The van der Waals surface area contributed by atoms with Gasteiger partial charge in [0.2, 0.25) is 16.9 Å². The molecular weight excluding hydrogens is 448 g/mol. The van der Waals surface area contributed by atoms with E-state index in [4.69, 9.17) is 4.42 Å². The van der Waals surface area contributed by atoms with Gasteiger partial charge in [-0.25, -0.2) is 0 Å². The van der Waals surface area contributed by atoms with Gasteiger partial charge >= 0.3 is 0 Å². The molecule has 0 saturated heterocycles. The number of nitro groups is 1. The van der Waals surface area contributed by atoms with E-state index in [-0.39, 0.29) is 10.9 Å². The number of hydrogen-bond donors (Lipinski definition) is 1. The first-order chi connectivity index (χ1) is 15.4. The first kappa shape index (κ1) is 21.9. The van der Waals surface area contributed by atoms with Gasteiger partial charge in [0, 0.05) is 23.4 Å². The van der Waals surface area contributed by atoms with Crippen LogP contribution in [0, 0.1) is 17.0 Å². The van der Waals surface area contributed by atoms with Gasteiger partial charge in [0.1, 0.15) is 0 Å². The molecule has 0 spiro atoms. The molecule has 0 amide bonds. The zero-order chi connectivity index (χ0) is 22.7. The van der Waals surface area contributed by atoms with Gasteiger partial charge in [-0.15, -0.1) is 20.4 Å². The van der Waals surface area contributed by atoms with E-state index in [2.05, 4.69) is 57.8 Å². The fourth-order valence-electron chi connectivity index (χ4n) is 3.06. The highest BCUT2D eigenvalue weighted by Gasteiger charge is 2.19. The van der Waals surface area contributed by atoms with Crippen LogP contribution in [-0.4, -0.2) is 25.3 Å². The fraction of sp³-hybridized carbons (Fsp3) is 0.238. The maximum atomic E-state index is 10.8. The van der Waals surface area contributed by atoms with Crippen LogP contribution in [0.5, 0.6) is 0 Å². The molecule has 2 aromatic heterocycles. The van der Waals surface area contributed by atoms with Crippen molar-refractivity contribution in [3.05, 3.63) is 69.6 Å². The molecule has 164 valence electrons. The van der Waals surface area contributed by atoms with E-state index in [1.165, 1.54) is 40.8 Å². The van der Waals surface area contributed by atoms with E-state index in [9.17, 15) is 10.1 Å². The number of hydrogen-bond acceptors (Lipinski definition) is 10. The van der Waals surface area contributed by atoms with Crippen molar-refractivity contribution < 1.29 is 9.34 Å². The molecule has 32 heavy (non-hydrogen) atoms. The van der Waals surface area contributed by atoms with Crippen LogP contribution >= 0.6 is 23.1 Å². The minimum Gasteiger partial charge on any atom is -0.419 e. The average molecular weight is 469 g/mol. The van der Waals surface area contributed by atoms with Crippen LogP contribution in [0.15, 0.2) is 51.2 Å². The molecule has 0 saturated carbocycles. The van der Waals surface area contributed by atoms with Crippen molar-refractivity contribution in [1.29, 1.82) is 0 Å².